The van der Waals surface area contributed by atoms with E-state index in [-0.39, 0.29) is 35.2 Å². The topological polar surface area (TPSA) is 94.5 Å². The van der Waals surface area contributed by atoms with Crippen molar-refractivity contribution in [3.8, 4) is 0 Å². The van der Waals surface area contributed by atoms with Gasteiger partial charge in [0.15, 0.2) is 0 Å². The van der Waals surface area contributed by atoms with E-state index < -0.39 is 17.7 Å². The monoisotopic (exact) mass is 522 g/mol. The molecule has 0 aromatic heterocycles. The minimum Gasteiger partial charge on any atom is -0.510 e. The van der Waals surface area contributed by atoms with Crippen molar-refractivity contribution in [1.29, 1.82) is 0 Å². The Balaban J connectivity index is 1.30. The van der Waals surface area contributed by atoms with E-state index in [1.54, 1.807) is 23.2 Å². The molecule has 202 valence electrons. The lowest BCUT2D eigenvalue weighted by atomic mass is 9.76. The Morgan fingerprint density at radius 1 is 1.21 bits per heavy atom. The smallest absolute Gasteiger partial charge is 0.268 e. The normalized spacial score (nSPS) is 29.0. The van der Waals surface area contributed by atoms with Crippen molar-refractivity contribution in [1.82, 2.24) is 15.1 Å². The second-order valence-corrected chi connectivity index (χ2v) is 11.6. The first-order chi connectivity index (χ1) is 18.2. The molecule has 0 bridgehead atoms. The molecule has 5 aliphatic rings. The molecule has 3 fully saturated rings. The zero-order chi connectivity index (χ0) is 26.6. The highest BCUT2D eigenvalue weighted by molar-refractivity contribution is 6.25. The molecular formula is C29H35FN4O4. The van der Waals surface area contributed by atoms with Crippen LogP contribution in [0.1, 0.15) is 45.1 Å². The largest absolute Gasteiger partial charge is 0.510 e. The molecule has 8 nitrogen and oxygen atoms in total. The lowest BCUT2D eigenvalue weighted by Crippen LogP contribution is -2.55. The predicted molar refractivity (Wildman–Crippen MR) is 141 cm³/mol. The summed E-state index contributed by atoms with van der Waals surface area (Å²) in [6.07, 6.45) is 6.09. The zero-order valence-corrected chi connectivity index (χ0v) is 22.0. The van der Waals surface area contributed by atoms with E-state index in [9.17, 15) is 19.1 Å². The first-order valence-electron chi connectivity index (χ1n) is 13.7. The molecule has 3 heterocycles. The SMILES string of the molecule is CC1C(c2ccc(F)cc2)=CN=C2C1C(O)=C(C(=O)NC1CC3(CC3)C1)C(=O)N2CCN1CCO[C@H](C)C1. The van der Waals surface area contributed by atoms with Crippen LogP contribution in [0.15, 0.2) is 46.8 Å². The summed E-state index contributed by atoms with van der Waals surface area (Å²) >= 11 is 0. The zero-order valence-electron chi connectivity index (χ0n) is 22.0. The third-order valence-corrected chi connectivity index (χ3v) is 8.91. The van der Waals surface area contributed by atoms with Gasteiger partial charge in [0, 0.05) is 44.3 Å². The summed E-state index contributed by atoms with van der Waals surface area (Å²) in [6, 6.07) is 6.18. The second-order valence-electron chi connectivity index (χ2n) is 11.6. The molecule has 2 amide bonds. The van der Waals surface area contributed by atoms with Gasteiger partial charge in [-0.25, -0.2) is 9.38 Å². The number of aliphatic hydroxyl groups is 1. The number of morpholine rings is 1. The fourth-order valence-corrected chi connectivity index (χ4v) is 6.51. The number of rotatable bonds is 6. The summed E-state index contributed by atoms with van der Waals surface area (Å²) in [5, 5.41) is 14.5. The molecule has 3 aliphatic heterocycles. The Morgan fingerprint density at radius 2 is 1.95 bits per heavy atom. The molecule has 2 aliphatic carbocycles. The fourth-order valence-electron chi connectivity index (χ4n) is 6.51. The molecule has 2 N–H and O–H groups in total. The number of fused-ring (bicyclic) bond motifs is 1. The maximum absolute atomic E-state index is 13.8. The maximum Gasteiger partial charge on any atom is 0.268 e. The van der Waals surface area contributed by atoms with Gasteiger partial charge in [-0.1, -0.05) is 19.1 Å². The molecule has 1 saturated heterocycles. The van der Waals surface area contributed by atoms with Crippen molar-refractivity contribution in [3.05, 3.63) is 53.2 Å². The van der Waals surface area contributed by atoms with Gasteiger partial charge in [-0.3, -0.25) is 19.4 Å². The Kier molecular flexibility index (Phi) is 6.39. The first-order valence-corrected chi connectivity index (χ1v) is 13.7. The van der Waals surface area contributed by atoms with Crippen LogP contribution in [0.25, 0.3) is 5.57 Å². The average Bonchev–Trinajstić information content (AvgIpc) is 3.65. The van der Waals surface area contributed by atoms with E-state index in [1.807, 2.05) is 13.8 Å². The van der Waals surface area contributed by atoms with Crippen molar-refractivity contribution < 1.29 is 23.8 Å². The maximum atomic E-state index is 13.8. The van der Waals surface area contributed by atoms with Crippen LogP contribution in [0.5, 0.6) is 0 Å². The molecule has 0 radical (unpaired) electrons. The van der Waals surface area contributed by atoms with E-state index in [4.69, 9.17) is 4.74 Å². The number of amides is 2. The predicted octanol–water partition coefficient (Wildman–Crippen LogP) is 3.26. The summed E-state index contributed by atoms with van der Waals surface area (Å²) in [5.74, 6) is -2.08. The number of hydrogen-bond acceptors (Lipinski definition) is 6. The Morgan fingerprint density at radius 3 is 2.63 bits per heavy atom. The van der Waals surface area contributed by atoms with Crippen LogP contribution in [0.4, 0.5) is 4.39 Å². The average molecular weight is 523 g/mol. The van der Waals surface area contributed by atoms with Crippen LogP contribution >= 0.6 is 0 Å². The molecule has 1 spiro atoms. The number of amidine groups is 1. The van der Waals surface area contributed by atoms with E-state index in [2.05, 4.69) is 15.2 Å². The number of hydrogen-bond donors (Lipinski definition) is 2. The molecule has 9 heteroatoms. The van der Waals surface area contributed by atoms with Crippen LogP contribution in [0.2, 0.25) is 0 Å². The van der Waals surface area contributed by atoms with E-state index in [0.717, 1.165) is 37.1 Å². The molecule has 2 saturated carbocycles. The summed E-state index contributed by atoms with van der Waals surface area (Å²) in [6.45, 7) is 7.10. The lowest BCUT2D eigenvalue weighted by Gasteiger charge is -2.41. The Hall–Kier alpha value is -3.04. The second kappa shape index (κ2) is 9.61. The van der Waals surface area contributed by atoms with Gasteiger partial charge in [-0.15, -0.1) is 0 Å². The van der Waals surface area contributed by atoms with Gasteiger partial charge in [0.25, 0.3) is 11.8 Å². The van der Waals surface area contributed by atoms with Gasteiger partial charge < -0.3 is 15.2 Å². The molecule has 3 atom stereocenters. The number of carbonyl (C=O) groups is 2. The van der Waals surface area contributed by atoms with Gasteiger partial charge >= 0.3 is 0 Å². The number of nitrogens with zero attached hydrogens (tertiary/aromatic N) is 3. The summed E-state index contributed by atoms with van der Waals surface area (Å²) in [7, 11) is 0. The number of aliphatic hydroxyl groups excluding tert-OH is 1. The van der Waals surface area contributed by atoms with E-state index in [1.165, 1.54) is 25.0 Å². The molecule has 1 aromatic carbocycles. The first kappa shape index (κ1) is 25.2. The summed E-state index contributed by atoms with van der Waals surface area (Å²) < 4.78 is 19.2. The minimum absolute atomic E-state index is 0.0369. The van der Waals surface area contributed by atoms with Crippen LogP contribution in [0, 0.1) is 23.1 Å². The van der Waals surface area contributed by atoms with E-state index >= 15 is 0 Å². The number of carbonyl (C=O) groups excluding carboxylic acids is 2. The Labute approximate surface area is 222 Å². The van der Waals surface area contributed by atoms with Crippen molar-refractivity contribution in [2.24, 2.45) is 22.2 Å². The lowest BCUT2D eigenvalue weighted by molar-refractivity contribution is -0.129. The van der Waals surface area contributed by atoms with Crippen LogP contribution < -0.4 is 5.32 Å². The third-order valence-electron chi connectivity index (χ3n) is 8.91. The van der Waals surface area contributed by atoms with Crippen LogP contribution in [-0.2, 0) is 14.3 Å². The highest BCUT2D eigenvalue weighted by Gasteiger charge is 2.54. The molecule has 6 rings (SSSR count). The van der Waals surface area contributed by atoms with Gasteiger partial charge in [-0.05, 0) is 61.3 Å². The highest BCUT2D eigenvalue weighted by atomic mass is 19.1. The number of halogens is 1. The van der Waals surface area contributed by atoms with Crippen LogP contribution in [-0.4, -0.2) is 77.5 Å². The van der Waals surface area contributed by atoms with Gasteiger partial charge in [-0.2, -0.15) is 0 Å². The van der Waals surface area contributed by atoms with Gasteiger partial charge in [0.2, 0.25) is 0 Å². The Bertz CT molecular complexity index is 1230. The van der Waals surface area contributed by atoms with Crippen LogP contribution in [0.3, 0.4) is 0 Å². The highest BCUT2D eigenvalue weighted by Crippen LogP contribution is 2.60. The number of allylic oxidation sites excluding steroid dienone is 1. The number of ether oxygens (including phenoxy) is 1. The summed E-state index contributed by atoms with van der Waals surface area (Å²) in [5.41, 5.74) is 1.82. The van der Waals surface area contributed by atoms with Crippen molar-refractivity contribution in [2.45, 2.75) is 51.7 Å². The quantitative estimate of drug-likeness (QED) is 0.560. The number of nitrogens with one attached hydrogen (secondary N) is 1. The minimum atomic E-state index is -0.654. The van der Waals surface area contributed by atoms with Gasteiger partial charge in [0.1, 0.15) is 23.0 Å². The summed E-state index contributed by atoms with van der Waals surface area (Å²) in [4.78, 5) is 35.6. The fraction of sp³-hybridized carbons (Fsp3) is 0.552. The molecule has 2 unspecified atom stereocenters. The van der Waals surface area contributed by atoms with Crippen molar-refractivity contribution >= 4 is 23.2 Å². The number of benzene rings is 1. The molecular weight excluding hydrogens is 487 g/mol. The molecule has 38 heavy (non-hydrogen) atoms. The van der Waals surface area contributed by atoms with Crippen molar-refractivity contribution in [3.63, 3.8) is 0 Å². The van der Waals surface area contributed by atoms with E-state index in [0.29, 0.717) is 30.9 Å². The number of aliphatic imine (C=N–C) groups is 1. The third kappa shape index (κ3) is 4.56. The van der Waals surface area contributed by atoms with Crippen molar-refractivity contribution in [2.75, 3.05) is 32.8 Å². The molecule has 1 aromatic rings. The van der Waals surface area contributed by atoms with Gasteiger partial charge in [0.05, 0.1) is 18.6 Å². The standard InChI is InChI=1S/C29H35FN4O4/c1-17-16-33(11-12-38-17)9-10-34-26-23(18(2)22(15-31-26)19-3-5-20(30)6-4-19)25(35)24(28(34)37)27(36)32-21-13-29(14-21)7-8-29/h3-6,15,17-18,21,23,35H,7-14,16H2,1-2H3,(H,32,36)/t17-,18?,23?/m1/s1.